The molecule has 0 bridgehead atoms. The molecule has 2 rings (SSSR count). The monoisotopic (exact) mass is 498 g/mol. The average Bonchev–Trinajstić information content (AvgIpc) is 2.84. The Labute approximate surface area is 214 Å². The van der Waals surface area contributed by atoms with E-state index in [0.29, 0.717) is 17.7 Å². The first-order valence-electron chi connectivity index (χ1n) is 13.0. The van der Waals surface area contributed by atoms with E-state index in [1.165, 1.54) is 51.4 Å². The Balaban J connectivity index is 0.00000298. The molecule has 0 fully saturated rings. The summed E-state index contributed by atoms with van der Waals surface area (Å²) in [5, 5.41) is 0. The summed E-state index contributed by atoms with van der Waals surface area (Å²) in [7, 11) is 1.72. The first-order chi connectivity index (χ1) is 17.0. The number of aryl methyl sites for hydroxylation is 3. The van der Waals surface area contributed by atoms with Gasteiger partial charge in [-0.3, -0.25) is 14.2 Å². The fraction of sp³-hybridized carbons (Fsp3) is 0.533. The van der Waals surface area contributed by atoms with Crippen LogP contribution in [0.25, 0.3) is 0 Å². The van der Waals surface area contributed by atoms with Crippen molar-refractivity contribution in [1.82, 2.24) is 0 Å². The molecule has 1 unspecified atom stereocenters. The summed E-state index contributed by atoms with van der Waals surface area (Å²) in [6, 6.07) is 13.3. The molecule has 0 aliphatic heterocycles. The van der Waals surface area contributed by atoms with Crippen molar-refractivity contribution in [3.63, 3.8) is 0 Å². The van der Waals surface area contributed by atoms with Gasteiger partial charge in [0.15, 0.2) is 5.78 Å². The molecule has 0 amide bonds. The molecule has 0 heterocycles. The number of carbonyl (C=O) groups excluding carboxylic acids is 2. The van der Waals surface area contributed by atoms with E-state index in [2.05, 4.69) is 6.92 Å². The van der Waals surface area contributed by atoms with Gasteiger partial charge in [0, 0.05) is 5.56 Å². The molecule has 0 aromatic heterocycles. The number of esters is 1. The van der Waals surface area contributed by atoms with Gasteiger partial charge in [-0.15, -0.1) is 0 Å². The van der Waals surface area contributed by atoms with E-state index >= 15 is 0 Å². The molecule has 0 saturated heterocycles. The molecule has 35 heavy (non-hydrogen) atoms. The van der Waals surface area contributed by atoms with E-state index in [4.69, 9.17) is 9.30 Å². The minimum Gasteiger partial charge on any atom is -0.465 e. The molecule has 5 heteroatoms. The van der Waals surface area contributed by atoms with Gasteiger partial charge in [-0.2, -0.15) is 0 Å². The number of benzene rings is 2. The van der Waals surface area contributed by atoms with Gasteiger partial charge < -0.3 is 4.74 Å². The largest absolute Gasteiger partial charge is 0.465 e. The van der Waals surface area contributed by atoms with Crippen LogP contribution in [0.4, 0.5) is 0 Å². The normalized spacial score (nSPS) is 11.3. The maximum absolute atomic E-state index is 13.5. The number of ketones is 1. The minimum atomic E-state index is -0.922. The van der Waals surface area contributed by atoms with Gasteiger partial charge in [0.05, 0.1) is 6.61 Å². The molecule has 4 nitrogen and oxygen atoms in total. The summed E-state index contributed by atoms with van der Waals surface area (Å²) >= 11 is 0. The molecule has 2 aromatic rings. The van der Waals surface area contributed by atoms with Crippen molar-refractivity contribution < 1.29 is 18.9 Å². The molecule has 0 N–H and O–H groups in total. The molecule has 1 atom stereocenters. The van der Waals surface area contributed by atoms with E-state index in [1.807, 2.05) is 63.2 Å². The molecule has 2 aromatic carbocycles. The second kappa shape index (κ2) is 18.0. The lowest BCUT2D eigenvalue weighted by atomic mass is 9.86. The van der Waals surface area contributed by atoms with Crippen molar-refractivity contribution in [1.29, 1.82) is 0 Å². The minimum absolute atomic E-state index is 0.177. The number of unbranched alkanes of at least 4 members (excludes halogenated alkanes) is 9. The van der Waals surface area contributed by atoms with Crippen LogP contribution in [0.1, 0.15) is 110 Å². The Kier molecular flexibility index (Phi) is 15.8. The Bertz CT molecular complexity index is 871. The predicted octanol–water partition coefficient (Wildman–Crippen LogP) is 8.52. The van der Waals surface area contributed by atoms with Gasteiger partial charge in [-0.25, -0.2) is 0 Å². The second-order valence-electron chi connectivity index (χ2n) is 9.33. The molecular formula is C30H43O4P. The van der Waals surface area contributed by atoms with E-state index in [9.17, 15) is 9.59 Å². The van der Waals surface area contributed by atoms with Crippen LogP contribution in [0.5, 0.6) is 0 Å². The third-order valence-corrected chi connectivity index (χ3v) is 6.30. The van der Waals surface area contributed by atoms with Gasteiger partial charge in [-0.05, 0) is 43.9 Å². The molecule has 0 radical (unpaired) electrons. The molecule has 192 valence electrons. The smallest absolute Gasteiger partial charge is 0.321 e. The summed E-state index contributed by atoms with van der Waals surface area (Å²) in [4.78, 5) is 26.6. The first-order valence-corrected chi connectivity index (χ1v) is 13.4. The maximum atomic E-state index is 13.5. The van der Waals surface area contributed by atoms with Crippen molar-refractivity contribution in [3.05, 3.63) is 70.3 Å². The quantitative estimate of drug-likeness (QED) is 0.0812. The molecule has 0 spiro atoms. The highest BCUT2D eigenvalue weighted by Gasteiger charge is 2.32. The zero-order valence-electron chi connectivity index (χ0n) is 22.0. The third-order valence-electron chi connectivity index (χ3n) is 6.30. The number of ether oxygens (including phenoxy) is 1. The lowest BCUT2D eigenvalue weighted by molar-refractivity contribution is -0.144. The molecular weight excluding hydrogens is 455 g/mol. The SMILES string of the molecule is CCCCCCCCCCCCOC(=O)C(C(=O)c1c(C)cc(C)cc1C)c1ccccc1.O=P. The van der Waals surface area contributed by atoms with Crippen molar-refractivity contribution in [3.8, 4) is 0 Å². The Morgan fingerprint density at radius 3 is 1.77 bits per heavy atom. The van der Waals surface area contributed by atoms with Crippen LogP contribution >= 0.6 is 9.12 Å². The zero-order chi connectivity index (χ0) is 26.1. The number of Topliss-reactive ketones (excluding diaryl/α,β-unsaturated/α-hetero) is 1. The third kappa shape index (κ3) is 10.9. The summed E-state index contributed by atoms with van der Waals surface area (Å²) in [5.74, 6) is -1.54. The number of carbonyl (C=O) groups is 2. The van der Waals surface area contributed by atoms with Crippen molar-refractivity contribution in [2.24, 2.45) is 0 Å². The molecule has 0 aliphatic rings. The van der Waals surface area contributed by atoms with Gasteiger partial charge in [-0.1, -0.05) is 113 Å². The van der Waals surface area contributed by atoms with Gasteiger partial charge in [0.2, 0.25) is 0 Å². The highest BCUT2D eigenvalue weighted by atomic mass is 31.0. The van der Waals surface area contributed by atoms with Gasteiger partial charge >= 0.3 is 5.97 Å². The summed E-state index contributed by atoms with van der Waals surface area (Å²) < 4.78 is 13.7. The number of rotatable bonds is 15. The van der Waals surface area contributed by atoms with Crippen molar-refractivity contribution in [2.75, 3.05) is 6.61 Å². The Hall–Kier alpha value is -2.32. The lowest BCUT2D eigenvalue weighted by Gasteiger charge is -2.18. The Morgan fingerprint density at radius 2 is 1.26 bits per heavy atom. The standard InChI is InChI=1S/C30H42O3.HOP/c1-5-6-7-8-9-10-11-12-13-17-20-33-30(32)28(26-18-15-14-16-19-26)29(31)27-24(3)21-23(2)22-25(27)4;1-2/h14-16,18-19,21-22,28H,5-13,17,20H2,1-4H3;2H. The highest BCUT2D eigenvalue weighted by molar-refractivity contribution is 7.00. The molecule has 0 aliphatic carbocycles. The van der Waals surface area contributed by atoms with Crippen LogP contribution < -0.4 is 0 Å². The van der Waals surface area contributed by atoms with E-state index in [1.54, 1.807) is 9.12 Å². The van der Waals surface area contributed by atoms with E-state index < -0.39 is 11.9 Å². The fourth-order valence-electron chi connectivity index (χ4n) is 4.60. The number of hydrogen-bond acceptors (Lipinski definition) is 4. The maximum Gasteiger partial charge on any atom is 0.321 e. The molecule has 0 saturated carbocycles. The van der Waals surface area contributed by atoms with Crippen LogP contribution in [0, 0.1) is 20.8 Å². The van der Waals surface area contributed by atoms with Crippen LogP contribution in [-0.4, -0.2) is 18.4 Å². The van der Waals surface area contributed by atoms with Crippen LogP contribution in [0.15, 0.2) is 42.5 Å². The van der Waals surface area contributed by atoms with E-state index in [0.717, 1.165) is 29.5 Å². The lowest BCUT2D eigenvalue weighted by Crippen LogP contribution is -2.26. The van der Waals surface area contributed by atoms with Crippen LogP contribution in [0.3, 0.4) is 0 Å². The van der Waals surface area contributed by atoms with Crippen molar-refractivity contribution >= 4 is 20.9 Å². The first kappa shape index (κ1) is 30.7. The summed E-state index contributed by atoms with van der Waals surface area (Å²) in [6.45, 7) is 8.51. The Morgan fingerprint density at radius 1 is 0.771 bits per heavy atom. The van der Waals surface area contributed by atoms with Gasteiger partial charge in [0.25, 0.3) is 0 Å². The zero-order valence-corrected chi connectivity index (χ0v) is 23.0. The van der Waals surface area contributed by atoms with Crippen LogP contribution in [-0.2, 0) is 14.1 Å². The predicted molar refractivity (Wildman–Crippen MR) is 146 cm³/mol. The van der Waals surface area contributed by atoms with Crippen molar-refractivity contribution in [2.45, 2.75) is 97.8 Å². The summed E-state index contributed by atoms with van der Waals surface area (Å²) in [6.07, 6.45) is 12.3. The number of hydrogen-bond donors (Lipinski definition) is 0. The second-order valence-corrected chi connectivity index (χ2v) is 9.33. The van der Waals surface area contributed by atoms with Crippen LogP contribution in [0.2, 0.25) is 0 Å². The highest BCUT2D eigenvalue weighted by Crippen LogP contribution is 2.27. The average molecular weight is 499 g/mol. The van der Waals surface area contributed by atoms with Gasteiger partial charge in [0.1, 0.15) is 15.0 Å². The van der Waals surface area contributed by atoms with E-state index in [-0.39, 0.29) is 5.78 Å². The summed E-state index contributed by atoms with van der Waals surface area (Å²) in [5.41, 5.74) is 4.24. The fourth-order valence-corrected chi connectivity index (χ4v) is 4.60. The topological polar surface area (TPSA) is 60.4 Å².